The normalized spacial score (nSPS) is 16.0. The molecule has 28 heavy (non-hydrogen) atoms. The highest BCUT2D eigenvalue weighted by molar-refractivity contribution is 7.80. The van der Waals surface area contributed by atoms with Gasteiger partial charge in [0.15, 0.2) is 5.11 Å². The summed E-state index contributed by atoms with van der Waals surface area (Å²) in [5, 5.41) is 6.00. The van der Waals surface area contributed by atoms with Crippen molar-refractivity contribution in [2.24, 2.45) is 0 Å². The Bertz CT molecular complexity index is 815. The fraction of sp³-hybridized carbons (Fsp3) is 0.364. The summed E-state index contributed by atoms with van der Waals surface area (Å²) in [6, 6.07) is 15.1. The van der Waals surface area contributed by atoms with E-state index < -0.39 is 0 Å². The molecule has 0 bridgehead atoms. The average molecular weight is 399 g/mol. The minimum absolute atomic E-state index is 0.133. The largest absolute Gasteiger partial charge is 0.489 e. The summed E-state index contributed by atoms with van der Waals surface area (Å²) < 4.78 is 11.5. The third-order valence-electron chi connectivity index (χ3n) is 4.65. The van der Waals surface area contributed by atoms with Crippen molar-refractivity contribution in [3.63, 3.8) is 0 Å². The monoisotopic (exact) mass is 398 g/mol. The van der Waals surface area contributed by atoms with Crippen LogP contribution in [-0.4, -0.2) is 30.3 Å². The lowest BCUT2D eigenvalue weighted by atomic mass is 10.0. The van der Waals surface area contributed by atoms with E-state index in [2.05, 4.69) is 24.5 Å². The number of hydrogen-bond acceptors (Lipinski definition) is 4. The summed E-state index contributed by atoms with van der Waals surface area (Å²) in [6.45, 7) is 5.53. The minimum Gasteiger partial charge on any atom is -0.489 e. The van der Waals surface area contributed by atoms with E-state index in [0.717, 1.165) is 19.4 Å². The number of rotatable bonds is 6. The zero-order valence-electron chi connectivity index (χ0n) is 16.2. The van der Waals surface area contributed by atoms with Crippen LogP contribution in [0.15, 0.2) is 48.5 Å². The highest BCUT2D eigenvalue weighted by atomic mass is 32.1. The maximum atomic E-state index is 12.4. The van der Waals surface area contributed by atoms with Crippen LogP contribution >= 0.6 is 12.2 Å². The number of para-hydroxylation sites is 2. The minimum atomic E-state index is -0.245. The molecule has 3 rings (SSSR count). The standard InChI is InChI=1S/C22H26N2O3S/c1-15(2)16-9-11-17(12-10-16)21(25)24-22(28)23-19-7-3-4-8-20(19)27-14-18-6-5-13-26-18/h3-4,7-12,15,18H,5-6,13-14H2,1-2H3,(H2,23,24,25,28). The van der Waals surface area contributed by atoms with E-state index in [-0.39, 0.29) is 17.1 Å². The van der Waals surface area contributed by atoms with Crippen LogP contribution in [0.25, 0.3) is 0 Å². The Kier molecular flexibility index (Phi) is 7.01. The van der Waals surface area contributed by atoms with Crippen LogP contribution in [0.2, 0.25) is 0 Å². The van der Waals surface area contributed by atoms with Gasteiger partial charge in [0, 0.05) is 12.2 Å². The van der Waals surface area contributed by atoms with E-state index in [4.69, 9.17) is 21.7 Å². The third kappa shape index (κ3) is 5.53. The molecule has 1 fully saturated rings. The van der Waals surface area contributed by atoms with Gasteiger partial charge in [0.05, 0.1) is 11.8 Å². The molecule has 5 nitrogen and oxygen atoms in total. The van der Waals surface area contributed by atoms with Crippen molar-refractivity contribution in [2.75, 3.05) is 18.5 Å². The molecule has 1 aliphatic heterocycles. The lowest BCUT2D eigenvalue weighted by Gasteiger charge is -2.16. The first-order chi connectivity index (χ1) is 13.5. The molecule has 0 spiro atoms. The molecule has 0 saturated carbocycles. The smallest absolute Gasteiger partial charge is 0.257 e. The van der Waals surface area contributed by atoms with Crippen LogP contribution < -0.4 is 15.4 Å². The van der Waals surface area contributed by atoms with E-state index in [1.54, 1.807) is 0 Å². The number of carbonyl (C=O) groups is 1. The van der Waals surface area contributed by atoms with Gasteiger partial charge in [-0.25, -0.2) is 0 Å². The quantitative estimate of drug-likeness (QED) is 0.702. The van der Waals surface area contributed by atoms with Crippen LogP contribution in [0.1, 0.15) is 48.5 Å². The summed E-state index contributed by atoms with van der Waals surface area (Å²) in [5.74, 6) is 0.854. The van der Waals surface area contributed by atoms with Gasteiger partial charge in [0.1, 0.15) is 12.4 Å². The van der Waals surface area contributed by atoms with Crippen LogP contribution in [-0.2, 0) is 4.74 Å². The Morgan fingerprint density at radius 3 is 2.64 bits per heavy atom. The summed E-state index contributed by atoms with van der Waals surface area (Å²) in [7, 11) is 0. The number of nitrogens with one attached hydrogen (secondary N) is 2. The predicted octanol–water partition coefficient (Wildman–Crippen LogP) is 4.49. The number of hydrogen-bond donors (Lipinski definition) is 2. The molecule has 0 radical (unpaired) electrons. The van der Waals surface area contributed by atoms with Gasteiger partial charge < -0.3 is 14.8 Å². The summed E-state index contributed by atoms with van der Waals surface area (Å²) >= 11 is 5.31. The molecule has 0 aliphatic carbocycles. The van der Waals surface area contributed by atoms with Crippen molar-refractivity contribution in [3.05, 3.63) is 59.7 Å². The van der Waals surface area contributed by atoms with E-state index in [0.29, 0.717) is 29.5 Å². The van der Waals surface area contributed by atoms with Crippen molar-refractivity contribution in [1.29, 1.82) is 0 Å². The van der Waals surface area contributed by atoms with Gasteiger partial charge in [-0.2, -0.15) is 0 Å². The Morgan fingerprint density at radius 1 is 1.21 bits per heavy atom. The zero-order chi connectivity index (χ0) is 19.9. The Balaban J connectivity index is 1.57. The van der Waals surface area contributed by atoms with Crippen LogP contribution in [0, 0.1) is 0 Å². The number of thiocarbonyl (C=S) groups is 1. The van der Waals surface area contributed by atoms with Gasteiger partial charge in [-0.1, -0.05) is 38.1 Å². The second-order valence-corrected chi connectivity index (χ2v) is 7.54. The van der Waals surface area contributed by atoms with Gasteiger partial charge in [0.2, 0.25) is 0 Å². The Hall–Kier alpha value is -2.44. The molecule has 148 valence electrons. The molecule has 1 atom stereocenters. The first-order valence-electron chi connectivity index (χ1n) is 9.58. The molecule has 1 unspecified atom stereocenters. The van der Waals surface area contributed by atoms with Crippen LogP contribution in [0.5, 0.6) is 5.75 Å². The van der Waals surface area contributed by atoms with Gasteiger partial charge >= 0.3 is 0 Å². The number of amides is 1. The van der Waals surface area contributed by atoms with Crippen molar-refractivity contribution >= 4 is 28.9 Å². The number of ether oxygens (including phenoxy) is 2. The van der Waals surface area contributed by atoms with E-state index in [9.17, 15) is 4.79 Å². The molecule has 6 heteroatoms. The number of anilines is 1. The molecule has 2 N–H and O–H groups in total. The van der Waals surface area contributed by atoms with Crippen LogP contribution in [0.4, 0.5) is 5.69 Å². The topological polar surface area (TPSA) is 59.6 Å². The van der Waals surface area contributed by atoms with Crippen molar-refractivity contribution in [3.8, 4) is 5.75 Å². The Morgan fingerprint density at radius 2 is 1.96 bits per heavy atom. The average Bonchev–Trinajstić information content (AvgIpc) is 3.21. The van der Waals surface area contributed by atoms with Crippen LogP contribution in [0.3, 0.4) is 0 Å². The Labute approximate surface area is 171 Å². The van der Waals surface area contributed by atoms with Crippen molar-refractivity contribution in [1.82, 2.24) is 5.32 Å². The fourth-order valence-corrected chi connectivity index (χ4v) is 3.21. The molecule has 1 heterocycles. The molecular weight excluding hydrogens is 372 g/mol. The number of carbonyl (C=O) groups excluding carboxylic acids is 1. The zero-order valence-corrected chi connectivity index (χ0v) is 17.1. The molecule has 0 aromatic heterocycles. The third-order valence-corrected chi connectivity index (χ3v) is 4.85. The summed E-state index contributed by atoms with van der Waals surface area (Å²) in [5.41, 5.74) is 2.46. The second kappa shape index (κ2) is 9.66. The predicted molar refractivity (Wildman–Crippen MR) is 115 cm³/mol. The summed E-state index contributed by atoms with van der Waals surface area (Å²) in [6.07, 6.45) is 2.22. The van der Waals surface area contributed by atoms with Gasteiger partial charge in [-0.15, -0.1) is 0 Å². The first kappa shape index (κ1) is 20.3. The molecule has 1 saturated heterocycles. The molecule has 2 aromatic rings. The van der Waals surface area contributed by atoms with E-state index in [1.807, 2.05) is 48.5 Å². The van der Waals surface area contributed by atoms with Crippen molar-refractivity contribution < 1.29 is 14.3 Å². The van der Waals surface area contributed by atoms with Crippen molar-refractivity contribution in [2.45, 2.75) is 38.7 Å². The maximum absolute atomic E-state index is 12.4. The molecule has 1 amide bonds. The number of benzene rings is 2. The van der Waals surface area contributed by atoms with Gasteiger partial charge in [0.25, 0.3) is 5.91 Å². The lowest BCUT2D eigenvalue weighted by Crippen LogP contribution is -2.34. The molecular formula is C22H26N2O3S. The van der Waals surface area contributed by atoms with E-state index in [1.165, 1.54) is 5.56 Å². The molecule has 1 aliphatic rings. The summed E-state index contributed by atoms with van der Waals surface area (Å²) in [4.78, 5) is 12.4. The van der Waals surface area contributed by atoms with E-state index >= 15 is 0 Å². The SMILES string of the molecule is CC(C)c1ccc(C(=O)NC(=S)Nc2ccccc2OCC2CCCO2)cc1. The molecule has 2 aromatic carbocycles. The first-order valence-corrected chi connectivity index (χ1v) is 9.99. The van der Waals surface area contributed by atoms with Gasteiger partial charge in [-0.05, 0) is 60.8 Å². The highest BCUT2D eigenvalue weighted by Gasteiger charge is 2.17. The van der Waals surface area contributed by atoms with Gasteiger partial charge in [-0.3, -0.25) is 10.1 Å². The lowest BCUT2D eigenvalue weighted by molar-refractivity contribution is 0.0682. The fourth-order valence-electron chi connectivity index (χ4n) is 3.00. The highest BCUT2D eigenvalue weighted by Crippen LogP contribution is 2.25. The second-order valence-electron chi connectivity index (χ2n) is 7.13. The maximum Gasteiger partial charge on any atom is 0.257 e.